The molecule has 20 heavy (non-hydrogen) atoms. The lowest BCUT2D eigenvalue weighted by atomic mass is 10.1. The highest BCUT2D eigenvalue weighted by molar-refractivity contribution is 9.10. The van der Waals surface area contributed by atoms with E-state index in [9.17, 15) is 0 Å². The Morgan fingerprint density at radius 1 is 0.850 bits per heavy atom. The molecule has 0 bridgehead atoms. The van der Waals surface area contributed by atoms with Gasteiger partial charge in [-0.3, -0.25) is 0 Å². The van der Waals surface area contributed by atoms with Crippen LogP contribution in [0.2, 0.25) is 0 Å². The van der Waals surface area contributed by atoms with Crippen molar-refractivity contribution in [3.63, 3.8) is 0 Å². The molecule has 0 saturated heterocycles. The molecule has 0 aliphatic rings. The van der Waals surface area contributed by atoms with Gasteiger partial charge in [0.1, 0.15) is 0 Å². The zero-order valence-corrected chi connectivity index (χ0v) is 12.9. The van der Waals surface area contributed by atoms with Gasteiger partial charge in [0.2, 0.25) is 0 Å². The van der Waals surface area contributed by atoms with Crippen LogP contribution in [0.1, 0.15) is 16.7 Å². The third-order valence-corrected chi connectivity index (χ3v) is 3.49. The average molecular weight is 323 g/mol. The van der Waals surface area contributed by atoms with E-state index in [4.69, 9.17) is 0 Å². The highest BCUT2D eigenvalue weighted by Gasteiger charge is 1.90. The molecule has 0 radical (unpaired) electrons. The maximum atomic E-state index is 3.50. The Morgan fingerprint density at radius 2 is 1.50 bits per heavy atom. The lowest BCUT2D eigenvalue weighted by Crippen LogP contribution is -1.72. The number of hydrogen-bond acceptors (Lipinski definition) is 0. The molecule has 2 aromatic carbocycles. The molecule has 1 heteroatoms. The van der Waals surface area contributed by atoms with Crippen LogP contribution in [0.4, 0.5) is 0 Å². The van der Waals surface area contributed by atoms with Crippen LogP contribution in [0.5, 0.6) is 0 Å². The minimum absolute atomic E-state index is 1.08. The second kappa shape index (κ2) is 7.53. The largest absolute Gasteiger partial charge is 0.0702 e. The van der Waals surface area contributed by atoms with Crippen molar-refractivity contribution in [1.82, 2.24) is 0 Å². The minimum atomic E-state index is 1.08. The number of allylic oxidation sites excluding steroid dienone is 2. The quantitative estimate of drug-likeness (QED) is 0.641. The topological polar surface area (TPSA) is 0 Å². The van der Waals surface area contributed by atoms with Crippen molar-refractivity contribution in [3.8, 4) is 11.8 Å². The molecule has 0 unspecified atom stereocenters. The molecule has 0 nitrogen and oxygen atoms in total. The fourth-order valence-electron chi connectivity index (χ4n) is 1.65. The Kier molecular flexibility index (Phi) is 5.41. The molecule has 0 fully saturated rings. The summed E-state index contributed by atoms with van der Waals surface area (Å²) < 4.78 is 1.08. The Labute approximate surface area is 129 Å². The van der Waals surface area contributed by atoms with Crippen LogP contribution in [0.25, 0.3) is 12.2 Å². The third kappa shape index (κ3) is 4.57. The van der Waals surface area contributed by atoms with E-state index in [1.165, 1.54) is 11.1 Å². The van der Waals surface area contributed by atoms with Crippen molar-refractivity contribution in [2.24, 2.45) is 0 Å². The number of halogens is 1. The first-order chi connectivity index (χ1) is 9.75. The van der Waals surface area contributed by atoms with Crippen LogP contribution in [0, 0.1) is 18.8 Å². The average Bonchev–Trinajstić information content (AvgIpc) is 2.46. The highest BCUT2D eigenvalue weighted by Crippen LogP contribution is 2.16. The summed E-state index contributed by atoms with van der Waals surface area (Å²) in [5.41, 5.74) is 3.56. The van der Waals surface area contributed by atoms with Crippen molar-refractivity contribution < 1.29 is 0 Å². The number of aryl methyl sites for hydroxylation is 1. The minimum Gasteiger partial charge on any atom is -0.0702 e. The summed E-state index contributed by atoms with van der Waals surface area (Å²) >= 11 is 3.50. The van der Waals surface area contributed by atoms with E-state index < -0.39 is 0 Å². The van der Waals surface area contributed by atoms with Gasteiger partial charge in [0, 0.05) is 4.47 Å². The Balaban J connectivity index is 1.95. The zero-order valence-electron chi connectivity index (χ0n) is 11.3. The summed E-state index contributed by atoms with van der Waals surface area (Å²) in [5, 5.41) is 0. The number of rotatable bonds is 2. The van der Waals surface area contributed by atoms with Gasteiger partial charge in [0.05, 0.1) is 0 Å². The van der Waals surface area contributed by atoms with Gasteiger partial charge in [-0.25, -0.2) is 0 Å². The van der Waals surface area contributed by atoms with Gasteiger partial charge in [-0.1, -0.05) is 75.8 Å². The lowest BCUT2D eigenvalue weighted by molar-refractivity contribution is 1.46. The van der Waals surface area contributed by atoms with E-state index in [1.807, 2.05) is 48.6 Å². The predicted octanol–water partition coefficient (Wildman–Crippen LogP) is 5.49. The Bertz CT molecular complexity index is 680. The zero-order chi connectivity index (χ0) is 14.2. The molecule has 0 aliphatic heterocycles. The van der Waals surface area contributed by atoms with E-state index in [0.29, 0.717) is 0 Å². The third-order valence-electron chi connectivity index (χ3n) is 2.77. The molecule has 2 aromatic rings. The van der Waals surface area contributed by atoms with Gasteiger partial charge in [-0.05, 0) is 48.4 Å². The monoisotopic (exact) mass is 322 g/mol. The summed E-state index contributed by atoms with van der Waals surface area (Å²) in [6.07, 6.45) is 7.74. The van der Waals surface area contributed by atoms with Crippen LogP contribution in [0.15, 0.2) is 65.2 Å². The second-order valence-corrected chi connectivity index (χ2v) is 5.24. The van der Waals surface area contributed by atoms with E-state index in [2.05, 4.69) is 59.0 Å². The summed E-state index contributed by atoms with van der Waals surface area (Å²) in [5.74, 6) is 6.01. The van der Waals surface area contributed by atoms with Crippen LogP contribution in [-0.4, -0.2) is 0 Å². The molecule has 98 valence electrons. The van der Waals surface area contributed by atoms with Crippen molar-refractivity contribution in [2.75, 3.05) is 0 Å². The molecular formula is C19H15Br. The molecule has 0 atom stereocenters. The first kappa shape index (κ1) is 14.4. The summed E-state index contributed by atoms with van der Waals surface area (Å²) in [4.78, 5) is 0. The normalized spacial score (nSPS) is 10.7. The van der Waals surface area contributed by atoms with Gasteiger partial charge in [0.25, 0.3) is 0 Å². The van der Waals surface area contributed by atoms with Gasteiger partial charge in [-0.15, -0.1) is 0 Å². The lowest BCUT2D eigenvalue weighted by Gasteiger charge is -1.94. The molecular weight excluding hydrogens is 308 g/mol. The molecule has 0 saturated carbocycles. The Hall–Kier alpha value is -2.04. The van der Waals surface area contributed by atoms with Crippen molar-refractivity contribution in [1.29, 1.82) is 0 Å². The van der Waals surface area contributed by atoms with Crippen molar-refractivity contribution >= 4 is 28.1 Å². The highest BCUT2D eigenvalue weighted by atomic mass is 79.9. The van der Waals surface area contributed by atoms with Gasteiger partial charge in [0.15, 0.2) is 0 Å². The number of hydrogen-bond donors (Lipinski definition) is 0. The first-order valence-electron chi connectivity index (χ1n) is 6.41. The number of benzene rings is 2. The van der Waals surface area contributed by atoms with Crippen LogP contribution >= 0.6 is 15.9 Å². The fourth-order valence-corrected chi connectivity index (χ4v) is 2.07. The van der Waals surface area contributed by atoms with E-state index >= 15 is 0 Å². The van der Waals surface area contributed by atoms with Gasteiger partial charge in [-0.2, -0.15) is 0 Å². The van der Waals surface area contributed by atoms with Crippen LogP contribution < -0.4 is 0 Å². The summed E-state index contributed by atoms with van der Waals surface area (Å²) in [6, 6.07) is 16.4. The van der Waals surface area contributed by atoms with Gasteiger partial charge < -0.3 is 0 Å². The fraction of sp³-hybridized carbons (Fsp3) is 0.0526. The summed E-state index contributed by atoms with van der Waals surface area (Å²) in [6.45, 7) is 2.08. The van der Waals surface area contributed by atoms with Crippen LogP contribution in [0.3, 0.4) is 0 Å². The molecule has 0 N–H and O–H groups in total. The summed E-state index contributed by atoms with van der Waals surface area (Å²) in [7, 11) is 0. The van der Waals surface area contributed by atoms with E-state index in [0.717, 1.165) is 10.0 Å². The SMILES string of the molecule is Cc1ccc(/C=C\C#C/C=C\c2ccccc2Br)cc1. The standard InChI is InChI=1S/C19H15Br/c1-16-12-14-17(15-13-16)8-4-2-3-5-9-18-10-6-7-11-19(18)20/h4-15H,1H3/b8-4-,9-5-. The molecule has 0 heterocycles. The molecule has 0 amide bonds. The maximum absolute atomic E-state index is 3.50. The van der Waals surface area contributed by atoms with Crippen molar-refractivity contribution in [3.05, 3.63) is 81.8 Å². The van der Waals surface area contributed by atoms with Crippen LogP contribution in [-0.2, 0) is 0 Å². The Morgan fingerprint density at radius 3 is 2.20 bits per heavy atom. The van der Waals surface area contributed by atoms with E-state index in [1.54, 1.807) is 0 Å². The molecule has 2 rings (SSSR count). The van der Waals surface area contributed by atoms with Gasteiger partial charge >= 0.3 is 0 Å². The smallest absolute Gasteiger partial charge is 0.0247 e. The molecule has 0 aliphatic carbocycles. The van der Waals surface area contributed by atoms with E-state index in [-0.39, 0.29) is 0 Å². The first-order valence-corrected chi connectivity index (χ1v) is 7.20. The molecule has 0 aromatic heterocycles. The predicted molar refractivity (Wildman–Crippen MR) is 91.2 cm³/mol. The maximum Gasteiger partial charge on any atom is 0.0247 e. The second-order valence-electron chi connectivity index (χ2n) is 4.39. The van der Waals surface area contributed by atoms with Crippen molar-refractivity contribution in [2.45, 2.75) is 6.92 Å². The molecule has 0 spiro atoms.